The molecule has 106 valence electrons. The Bertz CT molecular complexity index is 398. The minimum absolute atomic E-state index is 0.0814. The Morgan fingerprint density at radius 2 is 1.89 bits per heavy atom. The highest BCUT2D eigenvalue weighted by atomic mass is 16.5. The molecule has 0 aliphatic heterocycles. The first-order valence-electron chi connectivity index (χ1n) is 6.21. The lowest BCUT2D eigenvalue weighted by Gasteiger charge is -2.27. The SMILES string of the molecule is CCC(C)(CO)NC(=O)COc1ccc(OC)cc1. The molecule has 1 atom stereocenters. The van der Waals surface area contributed by atoms with E-state index in [9.17, 15) is 9.90 Å². The van der Waals surface area contributed by atoms with E-state index < -0.39 is 5.54 Å². The highest BCUT2D eigenvalue weighted by Crippen LogP contribution is 2.17. The molecule has 0 aliphatic rings. The number of carbonyl (C=O) groups is 1. The van der Waals surface area contributed by atoms with E-state index in [0.29, 0.717) is 12.2 Å². The number of amides is 1. The van der Waals surface area contributed by atoms with E-state index >= 15 is 0 Å². The lowest BCUT2D eigenvalue weighted by Crippen LogP contribution is -2.49. The third kappa shape index (κ3) is 4.79. The topological polar surface area (TPSA) is 67.8 Å². The van der Waals surface area contributed by atoms with Gasteiger partial charge in [-0.15, -0.1) is 0 Å². The van der Waals surface area contributed by atoms with E-state index in [2.05, 4.69) is 5.32 Å². The molecule has 0 saturated heterocycles. The molecule has 1 unspecified atom stereocenters. The van der Waals surface area contributed by atoms with Gasteiger partial charge >= 0.3 is 0 Å². The first kappa shape index (κ1) is 15.3. The summed E-state index contributed by atoms with van der Waals surface area (Å²) < 4.78 is 10.4. The quantitative estimate of drug-likeness (QED) is 0.782. The molecule has 1 amide bonds. The van der Waals surface area contributed by atoms with Crippen LogP contribution in [0.1, 0.15) is 20.3 Å². The number of rotatable bonds is 7. The highest BCUT2D eigenvalue weighted by molar-refractivity contribution is 5.78. The predicted octanol–water partition coefficient (Wildman–Crippen LogP) is 1.35. The van der Waals surface area contributed by atoms with Gasteiger partial charge in [0.1, 0.15) is 11.5 Å². The molecule has 0 radical (unpaired) electrons. The van der Waals surface area contributed by atoms with Crippen molar-refractivity contribution in [1.29, 1.82) is 0 Å². The van der Waals surface area contributed by atoms with Crippen LogP contribution < -0.4 is 14.8 Å². The number of hydrogen-bond donors (Lipinski definition) is 2. The monoisotopic (exact) mass is 267 g/mol. The van der Waals surface area contributed by atoms with Gasteiger partial charge in [0, 0.05) is 0 Å². The average Bonchev–Trinajstić information content (AvgIpc) is 2.45. The number of aliphatic hydroxyl groups excluding tert-OH is 1. The predicted molar refractivity (Wildman–Crippen MR) is 72.4 cm³/mol. The van der Waals surface area contributed by atoms with Gasteiger partial charge in [-0.3, -0.25) is 4.79 Å². The van der Waals surface area contributed by atoms with Crippen LogP contribution in [0, 0.1) is 0 Å². The van der Waals surface area contributed by atoms with E-state index in [1.165, 1.54) is 0 Å². The molecule has 0 fully saturated rings. The van der Waals surface area contributed by atoms with Gasteiger partial charge in [0.2, 0.25) is 0 Å². The number of carbonyl (C=O) groups excluding carboxylic acids is 1. The van der Waals surface area contributed by atoms with Crippen LogP contribution in [-0.2, 0) is 4.79 Å². The zero-order chi connectivity index (χ0) is 14.3. The van der Waals surface area contributed by atoms with Crippen LogP contribution in [0.4, 0.5) is 0 Å². The maximum atomic E-state index is 11.7. The van der Waals surface area contributed by atoms with Gasteiger partial charge in [0.15, 0.2) is 6.61 Å². The Kier molecular flexibility index (Phi) is 5.63. The van der Waals surface area contributed by atoms with Crippen LogP contribution in [-0.4, -0.2) is 36.9 Å². The van der Waals surface area contributed by atoms with Crippen molar-refractivity contribution in [2.75, 3.05) is 20.3 Å². The van der Waals surface area contributed by atoms with Crippen molar-refractivity contribution in [2.45, 2.75) is 25.8 Å². The normalized spacial score (nSPS) is 13.5. The maximum Gasteiger partial charge on any atom is 0.258 e. The molecular weight excluding hydrogens is 246 g/mol. The van der Waals surface area contributed by atoms with Gasteiger partial charge in [-0.2, -0.15) is 0 Å². The summed E-state index contributed by atoms with van der Waals surface area (Å²) in [6.07, 6.45) is 0.651. The number of hydrogen-bond acceptors (Lipinski definition) is 4. The minimum Gasteiger partial charge on any atom is -0.497 e. The van der Waals surface area contributed by atoms with E-state index in [-0.39, 0.29) is 19.1 Å². The molecule has 0 aliphatic carbocycles. The van der Waals surface area contributed by atoms with Gasteiger partial charge in [0.25, 0.3) is 5.91 Å². The molecule has 0 spiro atoms. The second kappa shape index (κ2) is 6.99. The van der Waals surface area contributed by atoms with Crippen molar-refractivity contribution in [2.24, 2.45) is 0 Å². The minimum atomic E-state index is -0.597. The maximum absolute atomic E-state index is 11.7. The fourth-order valence-corrected chi connectivity index (χ4v) is 1.43. The Morgan fingerprint density at radius 1 is 1.32 bits per heavy atom. The Hall–Kier alpha value is -1.75. The summed E-state index contributed by atoms with van der Waals surface area (Å²) in [4.78, 5) is 11.7. The lowest BCUT2D eigenvalue weighted by atomic mass is 10.0. The highest BCUT2D eigenvalue weighted by Gasteiger charge is 2.23. The molecule has 2 N–H and O–H groups in total. The van der Waals surface area contributed by atoms with Crippen molar-refractivity contribution < 1.29 is 19.4 Å². The molecule has 5 nitrogen and oxygen atoms in total. The molecule has 1 aromatic carbocycles. The molecule has 0 aromatic heterocycles. The zero-order valence-electron chi connectivity index (χ0n) is 11.6. The Labute approximate surface area is 113 Å². The number of aliphatic hydroxyl groups is 1. The van der Waals surface area contributed by atoms with Crippen molar-refractivity contribution in [1.82, 2.24) is 5.32 Å². The second-order valence-electron chi connectivity index (χ2n) is 4.58. The van der Waals surface area contributed by atoms with Gasteiger partial charge < -0.3 is 19.9 Å². The average molecular weight is 267 g/mol. The van der Waals surface area contributed by atoms with Crippen LogP contribution >= 0.6 is 0 Å². The summed E-state index contributed by atoms with van der Waals surface area (Å²) in [5, 5.41) is 12.0. The number of benzene rings is 1. The second-order valence-corrected chi connectivity index (χ2v) is 4.58. The van der Waals surface area contributed by atoms with Crippen LogP contribution in [0.2, 0.25) is 0 Å². The van der Waals surface area contributed by atoms with Crippen molar-refractivity contribution in [3.05, 3.63) is 24.3 Å². The van der Waals surface area contributed by atoms with E-state index in [0.717, 1.165) is 5.75 Å². The molecule has 0 bridgehead atoms. The zero-order valence-corrected chi connectivity index (χ0v) is 11.6. The van der Waals surface area contributed by atoms with Crippen molar-refractivity contribution >= 4 is 5.91 Å². The summed E-state index contributed by atoms with van der Waals surface area (Å²) in [6.45, 7) is 3.51. The molecule has 0 saturated carbocycles. The number of nitrogens with one attached hydrogen (secondary N) is 1. The Balaban J connectivity index is 2.45. The summed E-state index contributed by atoms with van der Waals surface area (Å²) >= 11 is 0. The summed E-state index contributed by atoms with van der Waals surface area (Å²) in [6, 6.07) is 6.99. The molecular formula is C14H21NO4. The van der Waals surface area contributed by atoms with Gasteiger partial charge in [-0.05, 0) is 37.6 Å². The molecule has 1 aromatic rings. The van der Waals surface area contributed by atoms with Gasteiger partial charge in [-0.1, -0.05) is 6.92 Å². The van der Waals surface area contributed by atoms with Crippen LogP contribution in [0.15, 0.2) is 24.3 Å². The first-order chi connectivity index (χ1) is 9.03. The third-order valence-corrected chi connectivity index (χ3v) is 3.00. The fraction of sp³-hybridized carbons (Fsp3) is 0.500. The van der Waals surface area contributed by atoms with Crippen molar-refractivity contribution in [3.63, 3.8) is 0 Å². The van der Waals surface area contributed by atoms with Gasteiger partial charge in [-0.25, -0.2) is 0 Å². The fourth-order valence-electron chi connectivity index (χ4n) is 1.43. The van der Waals surface area contributed by atoms with E-state index in [1.807, 2.05) is 6.92 Å². The van der Waals surface area contributed by atoms with E-state index in [1.54, 1.807) is 38.3 Å². The smallest absolute Gasteiger partial charge is 0.258 e. The molecule has 19 heavy (non-hydrogen) atoms. The van der Waals surface area contributed by atoms with Gasteiger partial charge in [0.05, 0.1) is 19.3 Å². The third-order valence-electron chi connectivity index (χ3n) is 3.00. The molecule has 5 heteroatoms. The summed E-state index contributed by atoms with van der Waals surface area (Å²) in [5.74, 6) is 1.07. The number of methoxy groups -OCH3 is 1. The number of ether oxygens (including phenoxy) is 2. The van der Waals surface area contributed by atoms with Crippen LogP contribution in [0.3, 0.4) is 0 Å². The molecule has 1 rings (SSSR count). The van der Waals surface area contributed by atoms with Crippen LogP contribution in [0.25, 0.3) is 0 Å². The summed E-state index contributed by atoms with van der Waals surface area (Å²) in [7, 11) is 1.59. The largest absolute Gasteiger partial charge is 0.497 e. The summed E-state index contributed by atoms with van der Waals surface area (Å²) in [5.41, 5.74) is -0.597. The lowest BCUT2D eigenvalue weighted by molar-refractivity contribution is -0.125. The Morgan fingerprint density at radius 3 is 2.37 bits per heavy atom. The first-order valence-corrected chi connectivity index (χ1v) is 6.21. The standard InChI is InChI=1S/C14H21NO4/c1-4-14(2,10-16)15-13(17)9-19-12-7-5-11(18-3)6-8-12/h5-8,16H,4,9-10H2,1-3H3,(H,15,17). The van der Waals surface area contributed by atoms with Crippen molar-refractivity contribution in [3.8, 4) is 11.5 Å². The van der Waals surface area contributed by atoms with Crippen LogP contribution in [0.5, 0.6) is 11.5 Å². The molecule has 0 heterocycles. The van der Waals surface area contributed by atoms with E-state index in [4.69, 9.17) is 9.47 Å².